The summed E-state index contributed by atoms with van der Waals surface area (Å²) in [5, 5.41) is 20.9. The van der Waals surface area contributed by atoms with E-state index in [0.29, 0.717) is 11.5 Å². The lowest BCUT2D eigenvalue weighted by Crippen LogP contribution is -2.35. The quantitative estimate of drug-likeness (QED) is 0.717. The van der Waals surface area contributed by atoms with Gasteiger partial charge in [-0.2, -0.15) is 0 Å². The summed E-state index contributed by atoms with van der Waals surface area (Å²) in [6, 6.07) is 3.09. The number of aromatic nitrogens is 1. The van der Waals surface area contributed by atoms with Crippen molar-refractivity contribution in [3.05, 3.63) is 23.4 Å². The molecule has 0 aromatic carbocycles. The van der Waals surface area contributed by atoms with Gasteiger partial charge < -0.3 is 15.5 Å². The number of aliphatic hydroxyl groups is 1. The topological polar surface area (TPSA) is 82.5 Å². The Labute approximate surface area is 94.1 Å². The monoisotopic (exact) mass is 224 g/mol. The lowest BCUT2D eigenvalue weighted by Gasteiger charge is -2.24. The highest BCUT2D eigenvalue weighted by Gasteiger charge is 2.17. The van der Waals surface area contributed by atoms with Crippen LogP contribution < -0.4 is 5.32 Å². The van der Waals surface area contributed by atoms with E-state index in [2.05, 4.69) is 10.3 Å². The van der Waals surface area contributed by atoms with E-state index < -0.39 is 11.5 Å². The number of pyridine rings is 1. The molecule has 0 saturated heterocycles. The number of aromatic carboxylic acids is 1. The van der Waals surface area contributed by atoms with Crippen LogP contribution in [0.5, 0.6) is 0 Å². The molecule has 0 saturated carbocycles. The van der Waals surface area contributed by atoms with E-state index in [1.807, 2.05) is 13.8 Å². The number of nitrogens with one attached hydrogen (secondary N) is 1. The first-order chi connectivity index (χ1) is 7.35. The highest BCUT2D eigenvalue weighted by molar-refractivity contribution is 5.89. The van der Waals surface area contributed by atoms with E-state index in [1.165, 1.54) is 6.07 Å². The zero-order valence-corrected chi connectivity index (χ0v) is 9.61. The van der Waals surface area contributed by atoms with Crippen LogP contribution in [-0.4, -0.2) is 33.3 Å². The number of carbonyl (C=O) groups is 1. The van der Waals surface area contributed by atoms with Crippen molar-refractivity contribution in [3.8, 4) is 0 Å². The van der Waals surface area contributed by atoms with Crippen molar-refractivity contribution >= 4 is 11.8 Å². The molecule has 5 heteroatoms. The molecule has 0 aliphatic carbocycles. The van der Waals surface area contributed by atoms with Crippen LogP contribution in [-0.2, 0) is 0 Å². The highest BCUT2D eigenvalue weighted by Crippen LogP contribution is 2.15. The molecule has 0 radical (unpaired) electrons. The summed E-state index contributed by atoms with van der Waals surface area (Å²) in [4.78, 5) is 14.9. The third-order valence-electron chi connectivity index (χ3n) is 2.18. The predicted molar refractivity (Wildman–Crippen MR) is 60.7 cm³/mol. The largest absolute Gasteiger partial charge is 0.478 e. The average Bonchev–Trinajstić information content (AvgIpc) is 2.16. The van der Waals surface area contributed by atoms with Gasteiger partial charge in [-0.25, -0.2) is 9.78 Å². The van der Waals surface area contributed by atoms with Crippen LogP contribution in [0.1, 0.15) is 29.9 Å². The van der Waals surface area contributed by atoms with Crippen molar-refractivity contribution in [2.75, 3.05) is 11.9 Å². The Morgan fingerprint density at radius 3 is 2.56 bits per heavy atom. The van der Waals surface area contributed by atoms with E-state index >= 15 is 0 Å². The number of hydrogen-bond donors (Lipinski definition) is 3. The van der Waals surface area contributed by atoms with Crippen molar-refractivity contribution in [2.24, 2.45) is 0 Å². The number of anilines is 1. The summed E-state index contributed by atoms with van der Waals surface area (Å²) >= 11 is 0. The molecule has 0 unspecified atom stereocenters. The van der Waals surface area contributed by atoms with Gasteiger partial charge in [0.25, 0.3) is 0 Å². The predicted octanol–water partition coefficient (Wildman–Crippen LogP) is 1.27. The van der Waals surface area contributed by atoms with Gasteiger partial charge in [-0.1, -0.05) is 0 Å². The fraction of sp³-hybridized carbons (Fsp3) is 0.455. The van der Waals surface area contributed by atoms with Crippen molar-refractivity contribution in [1.29, 1.82) is 0 Å². The van der Waals surface area contributed by atoms with Gasteiger partial charge in [0.1, 0.15) is 5.82 Å². The molecule has 0 fully saturated rings. The molecule has 88 valence electrons. The number of aryl methyl sites for hydroxylation is 1. The first-order valence-electron chi connectivity index (χ1n) is 4.96. The van der Waals surface area contributed by atoms with E-state index in [1.54, 1.807) is 13.0 Å². The summed E-state index contributed by atoms with van der Waals surface area (Å²) in [6.45, 7) is 5.26. The first kappa shape index (κ1) is 12.4. The molecular weight excluding hydrogens is 208 g/mol. The maximum atomic E-state index is 10.8. The lowest BCUT2D eigenvalue weighted by atomic mass is 10.1. The third-order valence-corrected chi connectivity index (χ3v) is 2.18. The fourth-order valence-corrected chi connectivity index (χ4v) is 1.24. The third kappa shape index (κ3) is 2.93. The van der Waals surface area contributed by atoms with Gasteiger partial charge in [0, 0.05) is 0 Å². The first-order valence-corrected chi connectivity index (χ1v) is 4.96. The second kappa shape index (κ2) is 4.49. The maximum Gasteiger partial charge on any atom is 0.337 e. The molecule has 0 bridgehead atoms. The Bertz CT molecular complexity index is 402. The number of hydrogen-bond acceptors (Lipinski definition) is 4. The minimum absolute atomic E-state index is 0.0333. The molecule has 0 aliphatic heterocycles. The Kier molecular flexibility index (Phi) is 3.49. The van der Waals surface area contributed by atoms with Crippen LogP contribution in [0.15, 0.2) is 12.1 Å². The number of carboxylic acids is 1. The zero-order chi connectivity index (χ0) is 12.3. The zero-order valence-electron chi connectivity index (χ0n) is 9.61. The van der Waals surface area contributed by atoms with Crippen LogP contribution in [0.4, 0.5) is 5.82 Å². The van der Waals surface area contributed by atoms with E-state index in [0.717, 1.165) is 0 Å². The molecule has 0 spiro atoms. The molecule has 1 aromatic heterocycles. The van der Waals surface area contributed by atoms with Crippen LogP contribution in [0.2, 0.25) is 0 Å². The molecule has 0 aliphatic rings. The van der Waals surface area contributed by atoms with Crippen molar-refractivity contribution in [1.82, 2.24) is 4.98 Å². The summed E-state index contributed by atoms with van der Waals surface area (Å²) in [5.41, 5.74) is 0.156. The molecule has 5 nitrogen and oxygen atoms in total. The summed E-state index contributed by atoms with van der Waals surface area (Å²) in [5.74, 6) is -0.431. The number of carboxylic acid groups (broad SMARTS) is 1. The standard InChI is InChI=1S/C11H16N2O3/c1-7-8(10(15)16)4-5-9(12-7)13-11(2,3)6-14/h4-5,14H,6H2,1-3H3,(H,12,13)(H,15,16). The van der Waals surface area contributed by atoms with E-state index in [4.69, 9.17) is 10.2 Å². The molecular formula is C11H16N2O3. The van der Waals surface area contributed by atoms with Crippen LogP contribution in [0.25, 0.3) is 0 Å². The fourth-order valence-electron chi connectivity index (χ4n) is 1.24. The Balaban J connectivity index is 2.94. The molecule has 1 rings (SSSR count). The smallest absolute Gasteiger partial charge is 0.337 e. The molecule has 0 amide bonds. The van der Waals surface area contributed by atoms with Crippen molar-refractivity contribution in [2.45, 2.75) is 26.3 Å². The van der Waals surface area contributed by atoms with Gasteiger partial charge in [-0.15, -0.1) is 0 Å². The Morgan fingerprint density at radius 1 is 1.50 bits per heavy atom. The van der Waals surface area contributed by atoms with Crippen LogP contribution in [0, 0.1) is 6.92 Å². The normalized spacial score (nSPS) is 11.2. The summed E-state index contributed by atoms with van der Waals surface area (Å²) < 4.78 is 0. The van der Waals surface area contributed by atoms with Crippen LogP contribution >= 0.6 is 0 Å². The van der Waals surface area contributed by atoms with E-state index in [-0.39, 0.29) is 12.2 Å². The van der Waals surface area contributed by atoms with Crippen molar-refractivity contribution in [3.63, 3.8) is 0 Å². The maximum absolute atomic E-state index is 10.8. The van der Waals surface area contributed by atoms with Gasteiger partial charge in [0.05, 0.1) is 23.4 Å². The van der Waals surface area contributed by atoms with Gasteiger partial charge in [0.15, 0.2) is 0 Å². The van der Waals surface area contributed by atoms with Gasteiger partial charge in [-0.3, -0.25) is 0 Å². The molecule has 3 N–H and O–H groups in total. The van der Waals surface area contributed by atoms with Gasteiger partial charge in [0.2, 0.25) is 0 Å². The second-order valence-electron chi connectivity index (χ2n) is 4.30. The van der Waals surface area contributed by atoms with E-state index in [9.17, 15) is 4.79 Å². The lowest BCUT2D eigenvalue weighted by molar-refractivity contribution is 0.0695. The molecule has 1 aromatic rings. The van der Waals surface area contributed by atoms with Crippen LogP contribution in [0.3, 0.4) is 0 Å². The molecule has 1 heterocycles. The number of nitrogens with zero attached hydrogens (tertiary/aromatic N) is 1. The SMILES string of the molecule is Cc1nc(NC(C)(C)CO)ccc1C(=O)O. The molecule has 0 atom stereocenters. The van der Waals surface area contributed by atoms with Crippen molar-refractivity contribution < 1.29 is 15.0 Å². The second-order valence-corrected chi connectivity index (χ2v) is 4.30. The van der Waals surface area contributed by atoms with Gasteiger partial charge >= 0.3 is 5.97 Å². The minimum Gasteiger partial charge on any atom is -0.478 e. The number of rotatable bonds is 4. The molecule has 16 heavy (non-hydrogen) atoms. The summed E-state index contributed by atoms with van der Waals surface area (Å²) in [6.07, 6.45) is 0. The highest BCUT2D eigenvalue weighted by atomic mass is 16.4. The summed E-state index contributed by atoms with van der Waals surface area (Å²) in [7, 11) is 0. The average molecular weight is 224 g/mol. The van der Waals surface area contributed by atoms with Gasteiger partial charge in [-0.05, 0) is 32.9 Å². The Morgan fingerprint density at radius 2 is 2.12 bits per heavy atom. The Hall–Kier alpha value is -1.62. The number of aliphatic hydroxyl groups excluding tert-OH is 1. The minimum atomic E-state index is -0.988.